The normalized spacial score (nSPS) is 11.2. The molecule has 2 rings (SSSR count). The first-order valence-electron chi connectivity index (χ1n) is 8.29. The lowest BCUT2D eigenvalue weighted by Crippen LogP contribution is -2.30. The molecule has 2 aromatic carbocycles. The minimum absolute atomic E-state index is 0.234. The molecular weight excluding hydrogens is 350 g/mol. The molecule has 0 heterocycles. The molecule has 0 aliphatic carbocycles. The summed E-state index contributed by atoms with van der Waals surface area (Å²) >= 11 is 0. The van der Waals surface area contributed by atoms with Crippen molar-refractivity contribution in [2.75, 3.05) is 13.1 Å². The molecule has 1 N–H and O–H groups in total. The molecule has 136 valence electrons. The first-order valence-corrected chi connectivity index (χ1v) is 9.73. The van der Waals surface area contributed by atoms with Crippen LogP contribution >= 0.6 is 0 Å². The fraction of sp³-hybridized carbons (Fsp3) is 0.263. The Morgan fingerprint density at radius 1 is 1.12 bits per heavy atom. The first-order chi connectivity index (χ1) is 12.4. The van der Waals surface area contributed by atoms with E-state index in [2.05, 4.69) is 5.32 Å². The maximum absolute atomic E-state index is 12.4. The molecule has 0 atom stereocenters. The van der Waals surface area contributed by atoms with Gasteiger partial charge < -0.3 is 5.32 Å². The predicted octanol–water partition coefficient (Wildman–Crippen LogP) is 2.52. The zero-order chi connectivity index (χ0) is 19.2. The third-order valence-corrected chi connectivity index (χ3v) is 6.04. The Kier molecular flexibility index (Phi) is 6.50. The molecule has 7 heteroatoms. The van der Waals surface area contributed by atoms with Gasteiger partial charge in [-0.3, -0.25) is 4.79 Å². The van der Waals surface area contributed by atoms with Gasteiger partial charge in [-0.25, -0.2) is 8.42 Å². The minimum atomic E-state index is -3.48. The Bertz CT molecular complexity index is 912. The van der Waals surface area contributed by atoms with E-state index in [9.17, 15) is 13.2 Å². The van der Waals surface area contributed by atoms with Crippen LogP contribution in [0.5, 0.6) is 0 Å². The van der Waals surface area contributed by atoms with E-state index in [0.29, 0.717) is 24.2 Å². The van der Waals surface area contributed by atoms with Crippen molar-refractivity contribution in [3.63, 3.8) is 0 Å². The Labute approximate surface area is 154 Å². The molecule has 0 spiro atoms. The van der Waals surface area contributed by atoms with E-state index >= 15 is 0 Å². The third-order valence-electron chi connectivity index (χ3n) is 3.97. The largest absolute Gasteiger partial charge is 0.348 e. The number of hydrogen-bond donors (Lipinski definition) is 1. The molecule has 0 aliphatic rings. The number of carbonyl (C=O) groups excluding carboxylic acids is 1. The molecule has 0 radical (unpaired) electrons. The molecule has 1 amide bonds. The smallest absolute Gasteiger partial charge is 0.251 e. The Balaban J connectivity index is 2.05. The van der Waals surface area contributed by atoms with E-state index in [1.165, 1.54) is 10.4 Å². The van der Waals surface area contributed by atoms with Gasteiger partial charge in [0, 0.05) is 25.2 Å². The van der Waals surface area contributed by atoms with Crippen LogP contribution < -0.4 is 5.32 Å². The Morgan fingerprint density at radius 3 is 2.35 bits per heavy atom. The van der Waals surface area contributed by atoms with E-state index in [0.717, 1.165) is 5.56 Å². The second-order valence-corrected chi connectivity index (χ2v) is 7.55. The molecule has 0 fully saturated rings. The van der Waals surface area contributed by atoms with Crippen molar-refractivity contribution >= 4 is 15.9 Å². The van der Waals surface area contributed by atoms with Crippen LogP contribution in [0, 0.1) is 11.3 Å². The minimum Gasteiger partial charge on any atom is -0.348 e. The zero-order valence-electron chi connectivity index (χ0n) is 14.8. The number of sulfonamides is 1. The van der Waals surface area contributed by atoms with Gasteiger partial charge in [0.1, 0.15) is 0 Å². The van der Waals surface area contributed by atoms with Crippen molar-refractivity contribution in [2.24, 2.45) is 0 Å². The zero-order valence-corrected chi connectivity index (χ0v) is 15.6. The van der Waals surface area contributed by atoms with Crippen LogP contribution in [-0.4, -0.2) is 31.7 Å². The number of nitrogens with one attached hydrogen (secondary N) is 1. The maximum atomic E-state index is 12.4. The number of nitriles is 1. The summed E-state index contributed by atoms with van der Waals surface area (Å²) in [5.74, 6) is -0.290. The first kappa shape index (κ1) is 19.6. The fourth-order valence-electron chi connectivity index (χ4n) is 2.51. The summed E-state index contributed by atoms with van der Waals surface area (Å²) in [6.45, 7) is 4.69. The molecule has 0 aliphatic heterocycles. The van der Waals surface area contributed by atoms with Gasteiger partial charge in [-0.1, -0.05) is 32.0 Å². The molecule has 6 nitrogen and oxygen atoms in total. The summed E-state index contributed by atoms with van der Waals surface area (Å²) < 4.78 is 26.3. The number of nitrogens with zero attached hydrogens (tertiary/aromatic N) is 2. The summed E-state index contributed by atoms with van der Waals surface area (Å²) in [6.07, 6.45) is 0. The standard InChI is InChI=1S/C19H21N3O3S/c1-3-22(4-2)26(24,25)18-10-8-15(9-11-18)14-21-19(23)17-7-5-6-16(12-17)13-20/h5-12H,3-4,14H2,1-2H3,(H,21,23). The fourth-order valence-corrected chi connectivity index (χ4v) is 3.96. The van der Waals surface area contributed by atoms with E-state index in [1.54, 1.807) is 56.3 Å². The highest BCUT2D eigenvalue weighted by atomic mass is 32.2. The number of hydrogen-bond acceptors (Lipinski definition) is 4. The summed E-state index contributed by atoms with van der Waals surface area (Å²) in [5.41, 5.74) is 1.61. The van der Waals surface area contributed by atoms with Crippen LogP contribution in [0.2, 0.25) is 0 Å². The van der Waals surface area contributed by atoms with Crippen LogP contribution in [0.1, 0.15) is 35.3 Å². The van der Waals surface area contributed by atoms with E-state index < -0.39 is 10.0 Å². The van der Waals surface area contributed by atoms with Crippen LogP contribution in [0.25, 0.3) is 0 Å². The van der Waals surface area contributed by atoms with Gasteiger partial charge in [-0.05, 0) is 35.9 Å². The summed E-state index contributed by atoms with van der Waals surface area (Å²) in [6, 6.07) is 14.9. The monoisotopic (exact) mass is 371 g/mol. The van der Waals surface area contributed by atoms with Gasteiger partial charge >= 0.3 is 0 Å². The quantitative estimate of drug-likeness (QED) is 0.810. The number of rotatable bonds is 7. The molecule has 26 heavy (non-hydrogen) atoms. The van der Waals surface area contributed by atoms with E-state index in [-0.39, 0.29) is 17.3 Å². The summed E-state index contributed by atoms with van der Waals surface area (Å²) in [4.78, 5) is 12.4. The van der Waals surface area contributed by atoms with Crippen molar-refractivity contribution in [2.45, 2.75) is 25.3 Å². The van der Waals surface area contributed by atoms with Gasteiger partial charge in [-0.15, -0.1) is 0 Å². The van der Waals surface area contributed by atoms with Crippen LogP contribution in [0.4, 0.5) is 0 Å². The number of benzene rings is 2. The van der Waals surface area contributed by atoms with Crippen molar-refractivity contribution in [3.8, 4) is 6.07 Å². The lowest BCUT2D eigenvalue weighted by molar-refractivity contribution is 0.0951. The highest BCUT2D eigenvalue weighted by Gasteiger charge is 2.21. The van der Waals surface area contributed by atoms with E-state index in [4.69, 9.17) is 5.26 Å². The van der Waals surface area contributed by atoms with E-state index in [1.807, 2.05) is 6.07 Å². The molecule has 0 saturated heterocycles. The van der Waals surface area contributed by atoms with Gasteiger partial charge in [0.25, 0.3) is 5.91 Å². The molecule has 0 unspecified atom stereocenters. The highest BCUT2D eigenvalue weighted by molar-refractivity contribution is 7.89. The van der Waals surface area contributed by atoms with Gasteiger partial charge in [0.05, 0.1) is 16.5 Å². The molecule has 0 aromatic heterocycles. The topological polar surface area (TPSA) is 90.3 Å². The highest BCUT2D eigenvalue weighted by Crippen LogP contribution is 2.16. The molecule has 0 saturated carbocycles. The van der Waals surface area contributed by atoms with Crippen molar-refractivity contribution in [1.29, 1.82) is 5.26 Å². The third kappa shape index (κ3) is 4.48. The predicted molar refractivity (Wildman–Crippen MR) is 98.9 cm³/mol. The SMILES string of the molecule is CCN(CC)S(=O)(=O)c1ccc(CNC(=O)c2cccc(C#N)c2)cc1. The van der Waals surface area contributed by atoms with Gasteiger partial charge in [0.2, 0.25) is 10.0 Å². The van der Waals surface area contributed by atoms with Gasteiger partial charge in [-0.2, -0.15) is 9.57 Å². The van der Waals surface area contributed by atoms with Crippen LogP contribution in [-0.2, 0) is 16.6 Å². The van der Waals surface area contributed by atoms with Crippen molar-refractivity contribution < 1.29 is 13.2 Å². The molecule has 2 aromatic rings. The second-order valence-electron chi connectivity index (χ2n) is 5.61. The summed E-state index contributed by atoms with van der Waals surface area (Å²) in [5, 5.41) is 11.6. The number of amides is 1. The Hall–Kier alpha value is -2.69. The van der Waals surface area contributed by atoms with Crippen molar-refractivity contribution in [3.05, 3.63) is 65.2 Å². The van der Waals surface area contributed by atoms with Crippen LogP contribution in [0.3, 0.4) is 0 Å². The number of carbonyl (C=O) groups is 1. The summed E-state index contributed by atoms with van der Waals surface area (Å²) in [7, 11) is -3.48. The lowest BCUT2D eigenvalue weighted by Gasteiger charge is -2.18. The maximum Gasteiger partial charge on any atom is 0.251 e. The van der Waals surface area contributed by atoms with Gasteiger partial charge in [0.15, 0.2) is 0 Å². The second kappa shape index (κ2) is 8.61. The lowest BCUT2D eigenvalue weighted by atomic mass is 10.1. The molecule has 0 bridgehead atoms. The van der Waals surface area contributed by atoms with Crippen LogP contribution in [0.15, 0.2) is 53.4 Å². The average molecular weight is 371 g/mol. The average Bonchev–Trinajstić information content (AvgIpc) is 2.67. The van der Waals surface area contributed by atoms with Crippen molar-refractivity contribution in [1.82, 2.24) is 9.62 Å². The molecular formula is C19H21N3O3S. The Morgan fingerprint density at radius 2 is 1.77 bits per heavy atom.